The Balaban J connectivity index is 2.37. The summed E-state index contributed by atoms with van der Waals surface area (Å²) in [4.78, 5) is 0. The SMILES string of the molecule is CC(C)CC/C(N)=C\Cc1ccccc1. The summed E-state index contributed by atoms with van der Waals surface area (Å²) in [5.74, 6) is 0.730. The summed E-state index contributed by atoms with van der Waals surface area (Å²) in [6.45, 7) is 4.45. The second-order valence-corrected chi connectivity index (χ2v) is 4.40. The molecule has 0 saturated heterocycles. The zero-order valence-corrected chi connectivity index (χ0v) is 9.74. The Morgan fingerprint density at radius 2 is 1.93 bits per heavy atom. The highest BCUT2D eigenvalue weighted by Crippen LogP contribution is 2.09. The summed E-state index contributed by atoms with van der Waals surface area (Å²) < 4.78 is 0. The van der Waals surface area contributed by atoms with Gasteiger partial charge in [0.05, 0.1) is 0 Å². The lowest BCUT2D eigenvalue weighted by atomic mass is 10.1. The van der Waals surface area contributed by atoms with Crippen molar-refractivity contribution in [3.8, 4) is 0 Å². The van der Waals surface area contributed by atoms with Gasteiger partial charge in [0.15, 0.2) is 0 Å². The molecule has 2 N–H and O–H groups in total. The lowest BCUT2D eigenvalue weighted by molar-refractivity contribution is 0.582. The second kappa shape index (κ2) is 6.28. The first-order valence-corrected chi connectivity index (χ1v) is 5.67. The fourth-order valence-corrected chi connectivity index (χ4v) is 1.42. The molecule has 82 valence electrons. The average Bonchev–Trinajstić information content (AvgIpc) is 2.25. The molecule has 1 heteroatoms. The molecule has 1 aromatic rings. The molecule has 0 heterocycles. The van der Waals surface area contributed by atoms with Crippen molar-refractivity contribution in [2.45, 2.75) is 33.1 Å². The van der Waals surface area contributed by atoms with E-state index in [1.165, 1.54) is 12.0 Å². The van der Waals surface area contributed by atoms with E-state index in [2.05, 4.69) is 44.2 Å². The monoisotopic (exact) mass is 203 g/mol. The third-order valence-electron chi connectivity index (χ3n) is 2.45. The maximum absolute atomic E-state index is 5.93. The van der Waals surface area contributed by atoms with Crippen molar-refractivity contribution in [3.63, 3.8) is 0 Å². The molecule has 0 atom stereocenters. The van der Waals surface area contributed by atoms with E-state index in [4.69, 9.17) is 5.73 Å². The molecular formula is C14H21N. The van der Waals surface area contributed by atoms with E-state index in [0.717, 1.165) is 24.5 Å². The maximum Gasteiger partial charge on any atom is 0.00434 e. The Morgan fingerprint density at radius 1 is 1.27 bits per heavy atom. The molecule has 0 spiro atoms. The van der Waals surface area contributed by atoms with Crippen LogP contribution in [0.1, 0.15) is 32.3 Å². The first-order chi connectivity index (χ1) is 7.18. The van der Waals surface area contributed by atoms with Gasteiger partial charge in [-0.25, -0.2) is 0 Å². The Labute approximate surface area is 93.0 Å². The minimum Gasteiger partial charge on any atom is -0.402 e. The third-order valence-corrected chi connectivity index (χ3v) is 2.45. The summed E-state index contributed by atoms with van der Waals surface area (Å²) in [7, 11) is 0. The maximum atomic E-state index is 5.93. The number of benzene rings is 1. The van der Waals surface area contributed by atoms with Crippen molar-refractivity contribution in [1.82, 2.24) is 0 Å². The normalized spacial score (nSPS) is 12.1. The molecule has 0 aromatic heterocycles. The van der Waals surface area contributed by atoms with Gasteiger partial charge in [0.2, 0.25) is 0 Å². The smallest absolute Gasteiger partial charge is 0.00434 e. The molecular weight excluding hydrogens is 182 g/mol. The molecule has 0 radical (unpaired) electrons. The molecule has 0 unspecified atom stereocenters. The van der Waals surface area contributed by atoms with Gasteiger partial charge in [-0.1, -0.05) is 50.3 Å². The van der Waals surface area contributed by atoms with Gasteiger partial charge in [0.25, 0.3) is 0 Å². The van der Waals surface area contributed by atoms with E-state index in [-0.39, 0.29) is 0 Å². The minimum absolute atomic E-state index is 0.730. The summed E-state index contributed by atoms with van der Waals surface area (Å²) in [5.41, 5.74) is 8.28. The average molecular weight is 203 g/mol. The summed E-state index contributed by atoms with van der Waals surface area (Å²) in [6, 6.07) is 10.4. The van der Waals surface area contributed by atoms with Crippen LogP contribution in [0.3, 0.4) is 0 Å². The van der Waals surface area contributed by atoms with Crippen molar-refractivity contribution in [2.75, 3.05) is 0 Å². The predicted octanol–water partition coefficient (Wildman–Crippen LogP) is 3.51. The zero-order chi connectivity index (χ0) is 11.1. The Kier molecular flexibility index (Phi) is 4.96. The molecule has 0 aliphatic carbocycles. The van der Waals surface area contributed by atoms with Crippen LogP contribution in [0.4, 0.5) is 0 Å². The second-order valence-electron chi connectivity index (χ2n) is 4.40. The van der Waals surface area contributed by atoms with E-state index in [1.807, 2.05) is 6.07 Å². The van der Waals surface area contributed by atoms with Gasteiger partial charge >= 0.3 is 0 Å². The zero-order valence-electron chi connectivity index (χ0n) is 9.74. The van der Waals surface area contributed by atoms with Crippen molar-refractivity contribution < 1.29 is 0 Å². The highest BCUT2D eigenvalue weighted by atomic mass is 14.6. The van der Waals surface area contributed by atoms with E-state index >= 15 is 0 Å². The van der Waals surface area contributed by atoms with Gasteiger partial charge in [-0.3, -0.25) is 0 Å². The Morgan fingerprint density at radius 3 is 2.53 bits per heavy atom. The molecule has 1 aromatic carbocycles. The van der Waals surface area contributed by atoms with Crippen molar-refractivity contribution in [1.29, 1.82) is 0 Å². The Hall–Kier alpha value is -1.24. The van der Waals surface area contributed by atoms with Crippen LogP contribution < -0.4 is 5.73 Å². The van der Waals surface area contributed by atoms with Gasteiger partial charge in [-0.15, -0.1) is 0 Å². The highest BCUT2D eigenvalue weighted by Gasteiger charge is 1.96. The van der Waals surface area contributed by atoms with Gasteiger partial charge in [0, 0.05) is 5.70 Å². The minimum atomic E-state index is 0.730. The molecule has 0 aliphatic heterocycles. The van der Waals surface area contributed by atoms with E-state index < -0.39 is 0 Å². The van der Waals surface area contributed by atoms with Gasteiger partial charge < -0.3 is 5.73 Å². The fraction of sp³-hybridized carbons (Fsp3) is 0.429. The van der Waals surface area contributed by atoms with Crippen LogP contribution in [-0.2, 0) is 6.42 Å². The van der Waals surface area contributed by atoms with Crippen LogP contribution in [0.2, 0.25) is 0 Å². The van der Waals surface area contributed by atoms with Crippen molar-refractivity contribution in [3.05, 3.63) is 47.7 Å². The lowest BCUT2D eigenvalue weighted by Gasteiger charge is -2.04. The molecule has 15 heavy (non-hydrogen) atoms. The van der Waals surface area contributed by atoms with Crippen LogP contribution in [0.25, 0.3) is 0 Å². The lowest BCUT2D eigenvalue weighted by Crippen LogP contribution is -2.00. The van der Waals surface area contributed by atoms with Crippen LogP contribution in [0.15, 0.2) is 42.1 Å². The first-order valence-electron chi connectivity index (χ1n) is 5.67. The standard InChI is InChI=1S/C14H21N/c1-12(2)8-10-14(15)11-9-13-6-4-3-5-7-13/h3-7,11-12H,8-10,15H2,1-2H3/b14-11+. The predicted molar refractivity (Wildman–Crippen MR) is 66.5 cm³/mol. The van der Waals surface area contributed by atoms with E-state index in [0.29, 0.717) is 0 Å². The van der Waals surface area contributed by atoms with Gasteiger partial charge in [-0.05, 0) is 30.7 Å². The number of nitrogens with two attached hydrogens (primary N) is 1. The third kappa shape index (κ3) is 5.26. The van der Waals surface area contributed by atoms with E-state index in [1.54, 1.807) is 0 Å². The van der Waals surface area contributed by atoms with Crippen molar-refractivity contribution >= 4 is 0 Å². The number of allylic oxidation sites excluding steroid dienone is 2. The molecule has 0 amide bonds. The number of rotatable bonds is 5. The van der Waals surface area contributed by atoms with Crippen molar-refractivity contribution in [2.24, 2.45) is 11.7 Å². The van der Waals surface area contributed by atoms with Gasteiger partial charge in [-0.2, -0.15) is 0 Å². The summed E-state index contributed by atoms with van der Waals surface area (Å²) in [6.07, 6.45) is 5.28. The molecule has 0 fully saturated rings. The summed E-state index contributed by atoms with van der Waals surface area (Å²) >= 11 is 0. The first kappa shape index (κ1) is 11.8. The largest absolute Gasteiger partial charge is 0.402 e. The highest BCUT2D eigenvalue weighted by molar-refractivity contribution is 5.18. The van der Waals surface area contributed by atoms with Crippen LogP contribution in [0, 0.1) is 5.92 Å². The molecule has 1 rings (SSSR count). The van der Waals surface area contributed by atoms with Crippen LogP contribution in [-0.4, -0.2) is 0 Å². The molecule has 1 nitrogen and oxygen atoms in total. The fourth-order valence-electron chi connectivity index (χ4n) is 1.42. The van der Waals surface area contributed by atoms with Gasteiger partial charge in [0.1, 0.15) is 0 Å². The quantitative estimate of drug-likeness (QED) is 0.778. The Bertz CT molecular complexity index is 298. The topological polar surface area (TPSA) is 26.0 Å². The molecule has 0 bridgehead atoms. The number of hydrogen-bond acceptors (Lipinski definition) is 1. The summed E-state index contributed by atoms with van der Waals surface area (Å²) in [5, 5.41) is 0. The number of hydrogen-bond donors (Lipinski definition) is 1. The van der Waals surface area contributed by atoms with Crippen LogP contribution >= 0.6 is 0 Å². The van der Waals surface area contributed by atoms with Crippen LogP contribution in [0.5, 0.6) is 0 Å². The molecule has 0 saturated carbocycles. The van der Waals surface area contributed by atoms with E-state index in [9.17, 15) is 0 Å². The molecule has 0 aliphatic rings.